The van der Waals surface area contributed by atoms with Gasteiger partial charge in [0.15, 0.2) is 0 Å². The third-order valence-corrected chi connectivity index (χ3v) is 1.84. The van der Waals surface area contributed by atoms with Crippen LogP contribution in [0.5, 0.6) is 0 Å². The van der Waals surface area contributed by atoms with Crippen LogP contribution in [-0.4, -0.2) is 23.5 Å². The van der Waals surface area contributed by atoms with Gasteiger partial charge >= 0.3 is 0 Å². The van der Waals surface area contributed by atoms with Gasteiger partial charge in [0.25, 0.3) is 0 Å². The molecule has 1 aromatic rings. The monoisotopic (exact) mass is 178 g/mol. The highest BCUT2D eigenvalue weighted by Gasteiger charge is 2.14. The summed E-state index contributed by atoms with van der Waals surface area (Å²) in [4.78, 5) is 10.1. The van der Waals surface area contributed by atoms with Crippen molar-refractivity contribution in [1.29, 1.82) is 0 Å². The lowest BCUT2D eigenvalue weighted by molar-refractivity contribution is 0.203. The van der Waals surface area contributed by atoms with Gasteiger partial charge < -0.3 is 10.8 Å². The molecule has 0 saturated carbocycles. The Morgan fingerprint density at radius 1 is 1.38 bits per heavy atom. The van der Waals surface area contributed by atoms with Crippen molar-refractivity contribution in [3.8, 4) is 0 Å². The third-order valence-electron chi connectivity index (χ3n) is 1.84. The van der Waals surface area contributed by atoms with E-state index in [1.54, 1.807) is 0 Å². The Balaban J connectivity index is 2.54. The van der Waals surface area contributed by atoms with E-state index in [-0.39, 0.29) is 0 Å². The van der Waals surface area contributed by atoms with E-state index in [0.29, 0.717) is 6.42 Å². The highest BCUT2D eigenvalue weighted by Crippen LogP contribution is 2.03. The van der Waals surface area contributed by atoms with E-state index in [2.05, 4.69) is 0 Å². The maximum absolute atomic E-state index is 10.1. The first kappa shape index (κ1) is 9.89. The molecule has 2 atom stereocenters. The molecule has 0 aliphatic heterocycles. The topological polar surface area (TPSA) is 63.3 Å². The molecule has 0 amide bonds. The van der Waals surface area contributed by atoms with Crippen LogP contribution in [0.1, 0.15) is 5.56 Å². The highest BCUT2D eigenvalue weighted by atomic mass is 16.3. The number of carbonyl (C=O) groups excluding carboxylic acids is 1. The van der Waals surface area contributed by atoms with E-state index in [1.165, 1.54) is 6.29 Å². The van der Waals surface area contributed by atoms with E-state index < -0.39 is 12.1 Å². The Morgan fingerprint density at radius 3 is 2.54 bits per heavy atom. The quantitative estimate of drug-likeness (QED) is 0.683. The van der Waals surface area contributed by atoms with Crippen LogP contribution in [-0.2, 0) is 11.2 Å². The fraction of sp³-hybridized carbons (Fsp3) is 0.300. The number of aliphatic hydroxyl groups is 1. The predicted molar refractivity (Wildman–Crippen MR) is 49.8 cm³/mol. The average molecular weight is 178 g/mol. The lowest BCUT2D eigenvalue weighted by Gasteiger charge is -2.12. The van der Waals surface area contributed by atoms with Crippen molar-refractivity contribution in [3.05, 3.63) is 35.9 Å². The molecular weight excluding hydrogens is 166 g/mol. The zero-order chi connectivity index (χ0) is 9.68. The van der Waals surface area contributed by atoms with Crippen molar-refractivity contribution in [2.75, 3.05) is 0 Å². The number of nitrogens with two attached hydrogens (primary N) is 1. The summed E-state index contributed by atoms with van der Waals surface area (Å²) < 4.78 is 0. The molecule has 0 aliphatic rings. The van der Waals surface area contributed by atoms with Gasteiger partial charge in [0.2, 0.25) is 6.29 Å². The molecule has 1 rings (SSSR count). The molecule has 0 bridgehead atoms. The first-order valence-corrected chi connectivity index (χ1v) is 4.09. The summed E-state index contributed by atoms with van der Waals surface area (Å²) in [6.07, 6.45) is 0.755. The smallest absolute Gasteiger partial charge is 0.231 e. The van der Waals surface area contributed by atoms with Crippen molar-refractivity contribution >= 4 is 6.29 Å². The van der Waals surface area contributed by atoms with Gasteiger partial charge in [-0.15, -0.1) is 0 Å². The molecule has 2 unspecified atom stereocenters. The summed E-state index contributed by atoms with van der Waals surface area (Å²) in [6.45, 7) is 0. The molecule has 0 fully saturated rings. The van der Waals surface area contributed by atoms with E-state index in [1.807, 2.05) is 30.3 Å². The second kappa shape index (κ2) is 4.74. The molecule has 69 valence electrons. The van der Waals surface area contributed by atoms with Crippen LogP contribution in [0.2, 0.25) is 0 Å². The molecule has 13 heavy (non-hydrogen) atoms. The SMILES string of the molecule is NC(Cc1ccccc1)C(O)[C]=O. The predicted octanol–water partition coefficient (Wildman–Crippen LogP) is 0.0270. The van der Waals surface area contributed by atoms with E-state index in [9.17, 15) is 4.79 Å². The molecule has 0 aliphatic carbocycles. The molecule has 3 N–H and O–H groups in total. The van der Waals surface area contributed by atoms with Gasteiger partial charge in [-0.3, -0.25) is 4.79 Å². The van der Waals surface area contributed by atoms with Crippen molar-refractivity contribution in [2.24, 2.45) is 5.73 Å². The maximum Gasteiger partial charge on any atom is 0.231 e. The average Bonchev–Trinajstić information content (AvgIpc) is 2.18. The number of benzene rings is 1. The van der Waals surface area contributed by atoms with Crippen LogP contribution in [0.15, 0.2) is 30.3 Å². The Labute approximate surface area is 77.2 Å². The second-order valence-corrected chi connectivity index (χ2v) is 2.92. The van der Waals surface area contributed by atoms with Gasteiger partial charge in [-0.2, -0.15) is 0 Å². The summed E-state index contributed by atoms with van der Waals surface area (Å²) in [7, 11) is 0. The number of hydrogen-bond donors (Lipinski definition) is 2. The summed E-state index contributed by atoms with van der Waals surface area (Å²) in [6, 6.07) is 8.91. The van der Waals surface area contributed by atoms with Crippen molar-refractivity contribution in [1.82, 2.24) is 0 Å². The first-order valence-electron chi connectivity index (χ1n) is 4.09. The van der Waals surface area contributed by atoms with E-state index >= 15 is 0 Å². The van der Waals surface area contributed by atoms with Crippen LogP contribution in [0, 0.1) is 0 Å². The molecule has 1 radical (unpaired) electrons. The molecule has 0 spiro atoms. The minimum absolute atomic E-state index is 0.483. The summed E-state index contributed by atoms with van der Waals surface area (Å²) >= 11 is 0. The largest absolute Gasteiger partial charge is 0.383 e. The molecule has 1 aromatic carbocycles. The summed E-state index contributed by atoms with van der Waals surface area (Å²) in [5, 5.41) is 9.04. The van der Waals surface area contributed by atoms with Gasteiger partial charge in [0, 0.05) is 6.04 Å². The van der Waals surface area contributed by atoms with Crippen LogP contribution in [0.4, 0.5) is 0 Å². The minimum Gasteiger partial charge on any atom is -0.383 e. The maximum atomic E-state index is 10.1. The number of rotatable bonds is 4. The molecule has 3 nitrogen and oxygen atoms in total. The Morgan fingerprint density at radius 2 is 2.00 bits per heavy atom. The van der Waals surface area contributed by atoms with Crippen LogP contribution in [0.25, 0.3) is 0 Å². The molecule has 3 heteroatoms. The molecular formula is C10H12NO2. The summed E-state index contributed by atoms with van der Waals surface area (Å²) in [5.41, 5.74) is 6.55. The summed E-state index contributed by atoms with van der Waals surface area (Å²) in [5.74, 6) is 0. The Kier molecular flexibility index (Phi) is 3.61. The number of aliphatic hydroxyl groups excluding tert-OH is 1. The normalized spacial score (nSPS) is 14.9. The third kappa shape index (κ3) is 2.97. The van der Waals surface area contributed by atoms with Gasteiger partial charge in [-0.1, -0.05) is 30.3 Å². The minimum atomic E-state index is -1.19. The van der Waals surface area contributed by atoms with Crippen molar-refractivity contribution in [3.63, 3.8) is 0 Å². The first-order chi connectivity index (χ1) is 6.24. The fourth-order valence-electron chi connectivity index (χ4n) is 1.09. The van der Waals surface area contributed by atoms with E-state index in [0.717, 1.165) is 5.56 Å². The highest BCUT2D eigenvalue weighted by molar-refractivity contribution is 5.57. The van der Waals surface area contributed by atoms with Gasteiger partial charge in [0.1, 0.15) is 6.10 Å². The lowest BCUT2D eigenvalue weighted by atomic mass is 10.0. The van der Waals surface area contributed by atoms with Crippen molar-refractivity contribution in [2.45, 2.75) is 18.6 Å². The molecule has 0 aromatic heterocycles. The number of hydrogen-bond acceptors (Lipinski definition) is 3. The standard InChI is InChI=1S/C10H12NO2/c11-9(10(13)7-12)6-8-4-2-1-3-5-8/h1-5,9-10,13H,6,11H2. The Hall–Kier alpha value is -1.19. The van der Waals surface area contributed by atoms with Gasteiger partial charge in [-0.05, 0) is 12.0 Å². The second-order valence-electron chi connectivity index (χ2n) is 2.92. The van der Waals surface area contributed by atoms with Crippen LogP contribution >= 0.6 is 0 Å². The van der Waals surface area contributed by atoms with Crippen LogP contribution in [0.3, 0.4) is 0 Å². The lowest BCUT2D eigenvalue weighted by Crippen LogP contribution is -2.37. The zero-order valence-electron chi connectivity index (χ0n) is 7.18. The van der Waals surface area contributed by atoms with E-state index in [4.69, 9.17) is 10.8 Å². The fourth-order valence-corrected chi connectivity index (χ4v) is 1.09. The Bertz CT molecular complexity index is 261. The zero-order valence-corrected chi connectivity index (χ0v) is 7.18. The van der Waals surface area contributed by atoms with Crippen LogP contribution < -0.4 is 5.73 Å². The van der Waals surface area contributed by atoms with Gasteiger partial charge in [-0.25, -0.2) is 0 Å². The molecule has 0 saturated heterocycles. The van der Waals surface area contributed by atoms with Gasteiger partial charge in [0.05, 0.1) is 0 Å². The molecule has 0 heterocycles. The van der Waals surface area contributed by atoms with Crippen molar-refractivity contribution < 1.29 is 9.90 Å².